The van der Waals surface area contributed by atoms with Gasteiger partial charge in [0.2, 0.25) is 11.7 Å². The van der Waals surface area contributed by atoms with Crippen LogP contribution in [0.3, 0.4) is 0 Å². The Morgan fingerprint density at radius 1 is 1.17 bits per heavy atom. The van der Waals surface area contributed by atoms with Gasteiger partial charge in [-0.3, -0.25) is 14.9 Å². The first-order valence-corrected chi connectivity index (χ1v) is 5.25. The number of nitrogens with one attached hydrogen (secondary N) is 2. The first-order valence-electron chi connectivity index (χ1n) is 5.25. The highest BCUT2D eigenvalue weighted by Crippen LogP contribution is 2.12. The minimum absolute atomic E-state index is 0.000659. The summed E-state index contributed by atoms with van der Waals surface area (Å²) in [7, 11) is 0. The van der Waals surface area contributed by atoms with Crippen LogP contribution in [-0.2, 0) is 4.79 Å². The van der Waals surface area contributed by atoms with E-state index in [-0.39, 0.29) is 17.7 Å². The van der Waals surface area contributed by atoms with Crippen molar-refractivity contribution < 1.29 is 14.0 Å². The van der Waals surface area contributed by atoms with Crippen molar-refractivity contribution in [2.75, 3.05) is 10.6 Å². The van der Waals surface area contributed by atoms with Crippen molar-refractivity contribution in [1.82, 2.24) is 4.98 Å². The Kier molecular flexibility index (Phi) is 3.38. The van der Waals surface area contributed by atoms with Gasteiger partial charge in [0.25, 0.3) is 5.91 Å². The maximum Gasteiger partial charge on any atom is 0.302 e. The minimum atomic E-state index is -0.426. The molecule has 18 heavy (non-hydrogen) atoms. The Morgan fingerprint density at radius 2 is 1.89 bits per heavy atom. The normalized spacial score (nSPS) is 9.83. The molecule has 0 saturated heterocycles. The van der Waals surface area contributed by atoms with Gasteiger partial charge in [-0.05, 0) is 12.1 Å². The van der Waals surface area contributed by atoms with Gasteiger partial charge < -0.3 is 9.73 Å². The van der Waals surface area contributed by atoms with Crippen LogP contribution in [-0.4, -0.2) is 16.8 Å². The predicted molar refractivity (Wildman–Crippen MR) is 65.2 cm³/mol. The molecule has 0 aliphatic heterocycles. The summed E-state index contributed by atoms with van der Waals surface area (Å²) in [5.41, 5.74) is 0.653. The standard InChI is InChI=1S/C12H11N3O3/c1-8(16)14-12-13-7-10(18-12)11(17)15-9-5-3-2-4-6-9/h2-7H,1H3,(H,15,17)(H,13,14,16). The van der Waals surface area contributed by atoms with Crippen molar-refractivity contribution in [2.45, 2.75) is 6.92 Å². The lowest BCUT2D eigenvalue weighted by molar-refractivity contribution is -0.114. The summed E-state index contributed by atoms with van der Waals surface area (Å²) in [6, 6.07) is 8.96. The van der Waals surface area contributed by atoms with Crippen LogP contribution >= 0.6 is 0 Å². The molecule has 2 N–H and O–H groups in total. The second kappa shape index (κ2) is 5.13. The van der Waals surface area contributed by atoms with Crippen LogP contribution in [0.5, 0.6) is 0 Å². The Balaban J connectivity index is 2.05. The number of carbonyl (C=O) groups excluding carboxylic acids is 2. The summed E-state index contributed by atoms with van der Waals surface area (Å²) in [6.07, 6.45) is 1.25. The largest absolute Gasteiger partial charge is 0.418 e. The molecule has 6 heteroatoms. The van der Waals surface area contributed by atoms with Crippen LogP contribution in [0.2, 0.25) is 0 Å². The molecule has 1 aromatic carbocycles. The molecule has 0 fully saturated rings. The van der Waals surface area contributed by atoms with Gasteiger partial charge >= 0.3 is 6.01 Å². The molecule has 0 aliphatic rings. The quantitative estimate of drug-likeness (QED) is 0.864. The number of anilines is 2. The smallest absolute Gasteiger partial charge is 0.302 e. The fourth-order valence-electron chi connectivity index (χ4n) is 1.30. The number of oxazole rings is 1. The van der Waals surface area contributed by atoms with Gasteiger partial charge in [0.05, 0.1) is 6.20 Å². The minimum Gasteiger partial charge on any atom is -0.418 e. The number of nitrogens with zero attached hydrogens (tertiary/aromatic N) is 1. The number of rotatable bonds is 3. The molecule has 2 amide bonds. The second-order valence-corrected chi connectivity index (χ2v) is 3.53. The number of aromatic nitrogens is 1. The molecular formula is C12H11N3O3. The molecule has 0 unspecified atom stereocenters. The number of para-hydroxylation sites is 1. The molecule has 92 valence electrons. The van der Waals surface area contributed by atoms with Gasteiger partial charge in [-0.2, -0.15) is 0 Å². The fraction of sp³-hybridized carbons (Fsp3) is 0.0833. The fourth-order valence-corrected chi connectivity index (χ4v) is 1.30. The van der Waals surface area contributed by atoms with Crippen LogP contribution in [0, 0.1) is 0 Å². The van der Waals surface area contributed by atoms with E-state index in [2.05, 4.69) is 15.6 Å². The van der Waals surface area contributed by atoms with E-state index in [1.165, 1.54) is 13.1 Å². The van der Waals surface area contributed by atoms with Crippen LogP contribution in [0.25, 0.3) is 0 Å². The third kappa shape index (κ3) is 2.94. The number of hydrogen-bond donors (Lipinski definition) is 2. The summed E-state index contributed by atoms with van der Waals surface area (Å²) in [6.45, 7) is 1.33. The van der Waals surface area contributed by atoms with Crippen molar-refractivity contribution in [2.24, 2.45) is 0 Å². The molecule has 0 bridgehead atoms. The van der Waals surface area contributed by atoms with Crippen LogP contribution < -0.4 is 10.6 Å². The van der Waals surface area contributed by atoms with Gasteiger partial charge in [0, 0.05) is 12.6 Å². The third-order valence-electron chi connectivity index (χ3n) is 2.04. The summed E-state index contributed by atoms with van der Waals surface area (Å²) in [4.78, 5) is 26.3. The van der Waals surface area contributed by atoms with Crippen LogP contribution in [0.1, 0.15) is 17.5 Å². The Labute approximate surface area is 103 Å². The highest BCUT2D eigenvalue weighted by Gasteiger charge is 2.13. The third-order valence-corrected chi connectivity index (χ3v) is 2.04. The van der Waals surface area contributed by atoms with E-state index < -0.39 is 5.91 Å². The van der Waals surface area contributed by atoms with Gasteiger partial charge in [0.1, 0.15) is 0 Å². The van der Waals surface area contributed by atoms with E-state index in [0.717, 1.165) is 0 Å². The van der Waals surface area contributed by atoms with Gasteiger partial charge in [-0.15, -0.1) is 0 Å². The number of benzene rings is 1. The van der Waals surface area contributed by atoms with E-state index in [0.29, 0.717) is 5.69 Å². The van der Waals surface area contributed by atoms with Crippen molar-refractivity contribution in [3.8, 4) is 0 Å². The zero-order valence-corrected chi connectivity index (χ0v) is 9.64. The maximum atomic E-state index is 11.8. The van der Waals surface area contributed by atoms with Crippen molar-refractivity contribution >= 4 is 23.5 Å². The van der Waals surface area contributed by atoms with E-state index in [1.807, 2.05) is 6.07 Å². The van der Waals surface area contributed by atoms with E-state index in [9.17, 15) is 9.59 Å². The summed E-state index contributed by atoms with van der Waals surface area (Å²) in [5, 5.41) is 4.99. The molecule has 1 heterocycles. The van der Waals surface area contributed by atoms with Crippen LogP contribution in [0.15, 0.2) is 40.9 Å². The predicted octanol–water partition coefficient (Wildman–Crippen LogP) is 1.89. The monoisotopic (exact) mass is 245 g/mol. The van der Waals surface area contributed by atoms with E-state index in [4.69, 9.17) is 4.42 Å². The van der Waals surface area contributed by atoms with Gasteiger partial charge in [-0.25, -0.2) is 4.98 Å². The van der Waals surface area contributed by atoms with Gasteiger partial charge in [-0.1, -0.05) is 18.2 Å². The molecule has 0 radical (unpaired) electrons. The first kappa shape index (κ1) is 11.8. The molecule has 2 aromatic rings. The maximum absolute atomic E-state index is 11.8. The highest BCUT2D eigenvalue weighted by molar-refractivity contribution is 6.02. The lowest BCUT2D eigenvalue weighted by Crippen LogP contribution is -2.10. The van der Waals surface area contributed by atoms with Crippen LogP contribution in [0.4, 0.5) is 11.7 Å². The number of carbonyl (C=O) groups is 2. The Hall–Kier alpha value is -2.63. The van der Waals surface area contributed by atoms with Crippen molar-refractivity contribution in [1.29, 1.82) is 0 Å². The second-order valence-electron chi connectivity index (χ2n) is 3.53. The summed E-state index contributed by atoms with van der Waals surface area (Å²) < 4.78 is 5.07. The first-order chi connectivity index (χ1) is 8.65. The van der Waals surface area contributed by atoms with Crippen molar-refractivity contribution in [3.63, 3.8) is 0 Å². The molecule has 1 aromatic heterocycles. The molecular weight excluding hydrogens is 234 g/mol. The zero-order valence-electron chi connectivity index (χ0n) is 9.64. The molecule has 2 rings (SSSR count). The van der Waals surface area contributed by atoms with Crippen molar-refractivity contribution in [3.05, 3.63) is 42.3 Å². The summed E-state index contributed by atoms with van der Waals surface area (Å²) in [5.74, 6) is -0.709. The molecule has 0 spiro atoms. The highest BCUT2D eigenvalue weighted by atomic mass is 16.4. The number of hydrogen-bond acceptors (Lipinski definition) is 4. The van der Waals surface area contributed by atoms with E-state index >= 15 is 0 Å². The zero-order chi connectivity index (χ0) is 13.0. The molecule has 0 aliphatic carbocycles. The topological polar surface area (TPSA) is 84.2 Å². The van der Waals surface area contributed by atoms with E-state index in [1.54, 1.807) is 24.3 Å². The Morgan fingerprint density at radius 3 is 2.56 bits per heavy atom. The average Bonchev–Trinajstić information content (AvgIpc) is 2.78. The molecule has 0 atom stereocenters. The molecule has 6 nitrogen and oxygen atoms in total. The number of amides is 2. The Bertz CT molecular complexity index is 563. The lowest BCUT2D eigenvalue weighted by atomic mass is 10.3. The summed E-state index contributed by atoms with van der Waals surface area (Å²) >= 11 is 0. The SMILES string of the molecule is CC(=O)Nc1ncc(C(=O)Nc2ccccc2)o1. The lowest BCUT2D eigenvalue weighted by Gasteiger charge is -2.01. The average molecular weight is 245 g/mol. The van der Waals surface area contributed by atoms with Gasteiger partial charge in [0.15, 0.2) is 0 Å². The molecule has 0 saturated carbocycles.